The molecule has 6 heteroatoms. The molecule has 0 saturated carbocycles. The van der Waals surface area contributed by atoms with Crippen molar-refractivity contribution in [3.05, 3.63) is 59.1 Å². The average Bonchev–Trinajstić information content (AvgIpc) is 2.71. The SMILES string of the molecule is CCCCCCCOc1ccccc1/C=N/NC(=O)CSc1ccc(Cl)cc1. The van der Waals surface area contributed by atoms with Gasteiger partial charge in [-0.1, -0.05) is 56.3 Å². The van der Waals surface area contributed by atoms with Crippen molar-refractivity contribution in [2.24, 2.45) is 5.10 Å². The van der Waals surface area contributed by atoms with E-state index in [1.807, 2.05) is 36.4 Å². The number of carbonyl (C=O) groups excluding carboxylic acids is 1. The Balaban J connectivity index is 1.75. The number of hydrogen-bond donors (Lipinski definition) is 1. The molecule has 0 atom stereocenters. The van der Waals surface area contributed by atoms with Crippen LogP contribution in [0.3, 0.4) is 0 Å². The van der Waals surface area contributed by atoms with Crippen molar-refractivity contribution in [2.45, 2.75) is 43.9 Å². The Bertz CT molecular complexity index is 750. The van der Waals surface area contributed by atoms with Gasteiger partial charge in [0.15, 0.2) is 0 Å². The Morgan fingerprint density at radius 3 is 2.64 bits per heavy atom. The van der Waals surface area contributed by atoms with Gasteiger partial charge in [-0.2, -0.15) is 5.10 Å². The summed E-state index contributed by atoms with van der Waals surface area (Å²) in [6.07, 6.45) is 7.62. The van der Waals surface area contributed by atoms with Crippen LogP contribution < -0.4 is 10.2 Å². The number of ether oxygens (including phenoxy) is 1. The zero-order valence-electron chi connectivity index (χ0n) is 16.2. The maximum atomic E-state index is 12.0. The molecule has 0 aliphatic heterocycles. The van der Waals surface area contributed by atoms with E-state index in [0.29, 0.717) is 11.6 Å². The van der Waals surface area contributed by atoms with E-state index in [2.05, 4.69) is 17.5 Å². The highest BCUT2D eigenvalue weighted by atomic mass is 35.5. The van der Waals surface area contributed by atoms with Gasteiger partial charge in [0.25, 0.3) is 0 Å². The fourth-order valence-electron chi connectivity index (χ4n) is 2.49. The minimum Gasteiger partial charge on any atom is -0.493 e. The number of unbranched alkanes of at least 4 members (excludes halogenated alkanes) is 4. The Labute approximate surface area is 176 Å². The summed E-state index contributed by atoms with van der Waals surface area (Å²) >= 11 is 7.29. The number of benzene rings is 2. The molecule has 1 N–H and O–H groups in total. The summed E-state index contributed by atoms with van der Waals surface area (Å²) < 4.78 is 5.87. The number of thioether (sulfide) groups is 1. The Hall–Kier alpha value is -1.98. The fraction of sp³-hybridized carbons (Fsp3) is 0.364. The van der Waals surface area contributed by atoms with Gasteiger partial charge in [0, 0.05) is 15.5 Å². The van der Waals surface area contributed by atoms with Gasteiger partial charge in [0.1, 0.15) is 5.75 Å². The maximum absolute atomic E-state index is 12.0. The van der Waals surface area contributed by atoms with Crippen LogP contribution in [0.2, 0.25) is 5.02 Å². The minimum atomic E-state index is -0.162. The van der Waals surface area contributed by atoms with Gasteiger partial charge in [-0.3, -0.25) is 4.79 Å². The van der Waals surface area contributed by atoms with Crippen molar-refractivity contribution in [3.63, 3.8) is 0 Å². The zero-order chi connectivity index (χ0) is 20.0. The molecule has 2 rings (SSSR count). The number of hydrazone groups is 1. The Kier molecular flexibility index (Phi) is 10.5. The van der Waals surface area contributed by atoms with Crippen LogP contribution in [-0.4, -0.2) is 24.5 Å². The third-order valence-corrected chi connectivity index (χ3v) is 5.26. The van der Waals surface area contributed by atoms with Crippen molar-refractivity contribution in [2.75, 3.05) is 12.4 Å². The summed E-state index contributed by atoms with van der Waals surface area (Å²) in [5.74, 6) is 0.909. The van der Waals surface area contributed by atoms with Gasteiger partial charge in [0.2, 0.25) is 5.91 Å². The normalized spacial score (nSPS) is 10.9. The lowest BCUT2D eigenvalue weighted by atomic mass is 10.2. The van der Waals surface area contributed by atoms with Crippen molar-refractivity contribution in [1.82, 2.24) is 5.43 Å². The van der Waals surface area contributed by atoms with E-state index in [1.165, 1.54) is 37.4 Å². The van der Waals surface area contributed by atoms with E-state index >= 15 is 0 Å². The number of amides is 1. The van der Waals surface area contributed by atoms with E-state index in [-0.39, 0.29) is 11.7 Å². The number of halogens is 1. The number of para-hydroxylation sites is 1. The molecule has 1 amide bonds. The van der Waals surface area contributed by atoms with Crippen LogP contribution in [0, 0.1) is 0 Å². The number of nitrogens with zero attached hydrogens (tertiary/aromatic N) is 1. The Morgan fingerprint density at radius 2 is 1.86 bits per heavy atom. The minimum absolute atomic E-state index is 0.162. The molecule has 0 heterocycles. The molecule has 0 spiro atoms. The monoisotopic (exact) mass is 418 g/mol. The van der Waals surface area contributed by atoms with E-state index < -0.39 is 0 Å². The van der Waals surface area contributed by atoms with Crippen molar-refractivity contribution in [3.8, 4) is 5.75 Å². The summed E-state index contributed by atoms with van der Waals surface area (Å²) in [4.78, 5) is 12.9. The van der Waals surface area contributed by atoms with Gasteiger partial charge in [-0.05, 0) is 42.8 Å². The van der Waals surface area contributed by atoms with Gasteiger partial charge >= 0.3 is 0 Å². The Morgan fingerprint density at radius 1 is 1.11 bits per heavy atom. The molecular formula is C22H27ClN2O2S. The van der Waals surface area contributed by atoms with Crippen LogP contribution in [-0.2, 0) is 4.79 Å². The molecule has 0 unspecified atom stereocenters. The van der Waals surface area contributed by atoms with Gasteiger partial charge < -0.3 is 4.74 Å². The van der Waals surface area contributed by atoms with Crippen molar-refractivity contribution in [1.29, 1.82) is 0 Å². The third kappa shape index (κ3) is 8.81. The predicted octanol–water partition coefficient (Wildman–Crippen LogP) is 5.93. The number of rotatable bonds is 12. The molecular weight excluding hydrogens is 392 g/mol. The molecule has 150 valence electrons. The lowest BCUT2D eigenvalue weighted by Crippen LogP contribution is -2.19. The highest BCUT2D eigenvalue weighted by Gasteiger charge is 2.03. The van der Waals surface area contributed by atoms with E-state index in [0.717, 1.165) is 22.6 Å². The molecule has 0 saturated heterocycles. The molecule has 0 radical (unpaired) electrons. The first-order valence-electron chi connectivity index (χ1n) is 9.61. The topological polar surface area (TPSA) is 50.7 Å². The summed E-state index contributed by atoms with van der Waals surface area (Å²) in [6.45, 7) is 2.90. The third-order valence-electron chi connectivity index (χ3n) is 4.00. The van der Waals surface area contributed by atoms with Crippen LogP contribution in [0.5, 0.6) is 5.75 Å². The van der Waals surface area contributed by atoms with Gasteiger partial charge in [0.05, 0.1) is 18.6 Å². The second kappa shape index (κ2) is 13.2. The summed E-state index contributed by atoms with van der Waals surface area (Å²) in [7, 11) is 0. The van der Waals surface area contributed by atoms with E-state index in [9.17, 15) is 4.79 Å². The molecule has 4 nitrogen and oxygen atoms in total. The first kappa shape index (κ1) is 22.3. The van der Waals surface area contributed by atoms with Crippen LogP contribution in [0.4, 0.5) is 0 Å². The standard InChI is InChI=1S/C22H27ClN2O2S/c1-2-3-4-5-8-15-27-21-10-7-6-9-18(21)16-24-25-22(26)17-28-20-13-11-19(23)12-14-20/h6-7,9-14,16H,2-5,8,15,17H2,1H3,(H,25,26)/b24-16+. The van der Waals surface area contributed by atoms with Crippen LogP contribution in [0.25, 0.3) is 0 Å². The van der Waals surface area contributed by atoms with E-state index in [1.54, 1.807) is 18.3 Å². The quantitative estimate of drug-likeness (QED) is 0.201. The molecule has 0 aromatic heterocycles. The van der Waals surface area contributed by atoms with Crippen molar-refractivity contribution < 1.29 is 9.53 Å². The lowest BCUT2D eigenvalue weighted by Gasteiger charge is -2.08. The van der Waals surface area contributed by atoms with Crippen LogP contribution >= 0.6 is 23.4 Å². The predicted molar refractivity (Wildman–Crippen MR) is 119 cm³/mol. The molecule has 2 aromatic carbocycles. The highest BCUT2D eigenvalue weighted by Crippen LogP contribution is 2.20. The zero-order valence-corrected chi connectivity index (χ0v) is 17.8. The van der Waals surface area contributed by atoms with Crippen LogP contribution in [0.1, 0.15) is 44.6 Å². The van der Waals surface area contributed by atoms with Gasteiger partial charge in [-0.25, -0.2) is 5.43 Å². The lowest BCUT2D eigenvalue weighted by molar-refractivity contribution is -0.118. The second-order valence-electron chi connectivity index (χ2n) is 6.34. The number of hydrogen-bond acceptors (Lipinski definition) is 4. The first-order valence-corrected chi connectivity index (χ1v) is 11.0. The highest BCUT2D eigenvalue weighted by molar-refractivity contribution is 8.00. The van der Waals surface area contributed by atoms with Crippen molar-refractivity contribution >= 4 is 35.5 Å². The molecule has 0 aliphatic rings. The summed E-state index contributed by atoms with van der Waals surface area (Å²) in [5, 5.41) is 4.74. The number of nitrogens with one attached hydrogen (secondary N) is 1. The van der Waals surface area contributed by atoms with E-state index in [4.69, 9.17) is 16.3 Å². The summed E-state index contributed by atoms with van der Waals surface area (Å²) in [6, 6.07) is 15.1. The smallest absolute Gasteiger partial charge is 0.250 e. The van der Waals surface area contributed by atoms with Crippen LogP contribution in [0.15, 0.2) is 58.5 Å². The first-order chi connectivity index (χ1) is 13.7. The second-order valence-corrected chi connectivity index (χ2v) is 7.82. The number of carbonyl (C=O) groups is 1. The molecule has 2 aromatic rings. The molecule has 0 aliphatic carbocycles. The largest absolute Gasteiger partial charge is 0.493 e. The summed E-state index contributed by atoms with van der Waals surface area (Å²) in [5.41, 5.74) is 3.41. The molecule has 0 bridgehead atoms. The maximum Gasteiger partial charge on any atom is 0.250 e. The molecule has 0 fully saturated rings. The molecule has 28 heavy (non-hydrogen) atoms. The fourth-order valence-corrected chi connectivity index (χ4v) is 3.31. The average molecular weight is 419 g/mol. The van der Waals surface area contributed by atoms with Gasteiger partial charge in [-0.15, -0.1) is 11.8 Å².